The molecule has 0 bridgehead atoms. The molecular weight excluding hydrogens is 364 g/mol. The van der Waals surface area contributed by atoms with E-state index in [9.17, 15) is 4.79 Å². The van der Waals surface area contributed by atoms with Crippen LogP contribution in [-0.2, 0) is 27.2 Å². The monoisotopic (exact) mass is 379 g/mol. The zero-order valence-electron chi connectivity index (χ0n) is 13.4. The van der Waals surface area contributed by atoms with Gasteiger partial charge in [-0.2, -0.15) is 0 Å². The zero-order chi connectivity index (χ0) is 17.7. The second kappa shape index (κ2) is 6.04. The molecule has 4 rings (SSSR count). The highest BCUT2D eigenvalue weighted by atomic mass is 35.5. The summed E-state index contributed by atoms with van der Waals surface area (Å²) < 4.78 is 21.2. The fourth-order valence-corrected chi connectivity index (χ4v) is 4.05. The quantitative estimate of drug-likeness (QED) is 0.718. The highest BCUT2D eigenvalue weighted by Gasteiger charge is 2.58. The number of ether oxygens (including phenoxy) is 1. The van der Waals surface area contributed by atoms with Gasteiger partial charge in [0.05, 0.1) is 12.3 Å². The number of epoxide rings is 1. The number of alkyl halides is 1. The number of pyridine rings is 1. The summed E-state index contributed by atoms with van der Waals surface area (Å²) in [5.41, 5.74) is -0.786. The third-order valence-corrected chi connectivity index (χ3v) is 5.70. The number of ketones is 1. The van der Waals surface area contributed by atoms with E-state index in [-0.39, 0.29) is 12.8 Å². The van der Waals surface area contributed by atoms with Crippen molar-refractivity contribution in [2.24, 2.45) is 0 Å². The number of hydrogen-bond acceptors (Lipinski definition) is 3. The Morgan fingerprint density at radius 3 is 2.80 bits per heavy atom. The highest BCUT2D eigenvalue weighted by Crippen LogP contribution is 2.53. The van der Waals surface area contributed by atoms with Crippen LogP contribution in [0.5, 0.6) is 0 Å². The molecule has 1 aliphatic heterocycles. The van der Waals surface area contributed by atoms with E-state index in [0.29, 0.717) is 40.8 Å². The topological polar surface area (TPSA) is 42.5 Å². The number of carbonyl (C=O) groups is 1. The van der Waals surface area contributed by atoms with Crippen molar-refractivity contribution < 1.29 is 13.9 Å². The lowest BCUT2D eigenvalue weighted by Crippen LogP contribution is -2.39. The van der Waals surface area contributed by atoms with Crippen LogP contribution in [0.25, 0.3) is 0 Å². The molecule has 1 aromatic heterocycles. The molecule has 130 valence electrons. The lowest BCUT2D eigenvalue weighted by molar-refractivity contribution is -0.132. The first-order valence-electron chi connectivity index (χ1n) is 8.21. The molecule has 2 aromatic rings. The summed E-state index contributed by atoms with van der Waals surface area (Å²) in [4.78, 5) is 17.1. The van der Waals surface area contributed by atoms with Gasteiger partial charge in [-0.15, -0.1) is 0 Å². The van der Waals surface area contributed by atoms with Gasteiger partial charge in [0.25, 0.3) is 0 Å². The van der Waals surface area contributed by atoms with Crippen LogP contribution in [0.2, 0.25) is 10.0 Å². The summed E-state index contributed by atoms with van der Waals surface area (Å²) in [6.45, 7) is 0.543. The van der Waals surface area contributed by atoms with Crippen LogP contribution in [0, 0.1) is 0 Å². The van der Waals surface area contributed by atoms with Gasteiger partial charge in [0, 0.05) is 28.2 Å². The molecular formula is C19H16Cl2FNO2. The largest absolute Gasteiger partial charge is 0.363 e. The number of Topliss-reactive ketones (excluding diaryl/α,β-unsaturated/α-hetero) is 1. The Hall–Kier alpha value is -1.49. The van der Waals surface area contributed by atoms with Crippen LogP contribution in [0.3, 0.4) is 0 Å². The van der Waals surface area contributed by atoms with Crippen LogP contribution in [0.4, 0.5) is 4.39 Å². The lowest BCUT2D eigenvalue weighted by Gasteiger charge is -2.33. The van der Waals surface area contributed by atoms with Gasteiger partial charge in [0.1, 0.15) is 5.60 Å². The number of fused-ring (bicyclic) bond motifs is 2. The molecule has 1 aliphatic carbocycles. The number of halogens is 3. The molecule has 3 nitrogen and oxygen atoms in total. The van der Waals surface area contributed by atoms with Crippen LogP contribution in [0.15, 0.2) is 36.5 Å². The summed E-state index contributed by atoms with van der Waals surface area (Å²) in [7, 11) is 0. The maximum atomic E-state index is 15.7. The Kier molecular flexibility index (Phi) is 4.10. The maximum Gasteiger partial charge on any atom is 0.195 e. The van der Waals surface area contributed by atoms with Crippen molar-refractivity contribution in [2.45, 2.75) is 37.0 Å². The van der Waals surface area contributed by atoms with Gasteiger partial charge >= 0.3 is 0 Å². The van der Waals surface area contributed by atoms with Crippen molar-refractivity contribution in [3.8, 4) is 0 Å². The van der Waals surface area contributed by atoms with E-state index in [4.69, 9.17) is 27.9 Å². The first-order valence-corrected chi connectivity index (χ1v) is 8.96. The number of hydrogen-bond donors (Lipinski definition) is 0. The average molecular weight is 380 g/mol. The number of benzene rings is 1. The van der Waals surface area contributed by atoms with Gasteiger partial charge in [0.2, 0.25) is 0 Å². The fraction of sp³-hybridized carbons (Fsp3) is 0.368. The molecule has 0 N–H and O–H groups in total. The van der Waals surface area contributed by atoms with Crippen molar-refractivity contribution in [2.75, 3.05) is 6.61 Å². The predicted octanol–water partition coefficient (Wildman–Crippen LogP) is 4.77. The van der Waals surface area contributed by atoms with E-state index in [1.807, 2.05) is 0 Å². The van der Waals surface area contributed by atoms with Crippen LogP contribution in [-0.4, -0.2) is 17.4 Å². The van der Waals surface area contributed by atoms with E-state index in [1.54, 1.807) is 36.5 Å². The average Bonchev–Trinajstić information content (AvgIpc) is 3.39. The summed E-state index contributed by atoms with van der Waals surface area (Å²) in [5, 5.41) is 1.02. The third-order valence-electron chi connectivity index (χ3n) is 5.11. The van der Waals surface area contributed by atoms with Gasteiger partial charge in [-0.1, -0.05) is 35.3 Å². The van der Waals surface area contributed by atoms with Gasteiger partial charge in [0.15, 0.2) is 11.5 Å². The molecule has 2 heterocycles. The lowest BCUT2D eigenvalue weighted by atomic mass is 9.74. The summed E-state index contributed by atoms with van der Waals surface area (Å²) in [6, 6.07) is 8.43. The standard InChI is InChI=1S/C19H16Cl2FNO2/c20-13-5-3-12(15(21)10-13)4-6-16(24)19(22)8-7-18(11-25-18)17-14(19)2-1-9-23-17/h1-3,5,9-10H,4,6-8,11H2/t18-,19-/m1/s1. The molecule has 1 fully saturated rings. The third kappa shape index (κ3) is 2.86. The van der Waals surface area contributed by atoms with Gasteiger partial charge in [-0.3, -0.25) is 9.78 Å². The Morgan fingerprint density at radius 2 is 2.08 bits per heavy atom. The molecule has 2 aliphatic rings. The molecule has 0 unspecified atom stereocenters. The number of aromatic nitrogens is 1. The summed E-state index contributed by atoms with van der Waals surface area (Å²) in [6.07, 6.45) is 2.66. The number of carbonyl (C=O) groups excluding carboxylic acids is 1. The first kappa shape index (κ1) is 17.0. The molecule has 6 heteroatoms. The van der Waals surface area contributed by atoms with Crippen molar-refractivity contribution in [1.82, 2.24) is 4.98 Å². The zero-order valence-corrected chi connectivity index (χ0v) is 14.9. The van der Waals surface area contributed by atoms with Crippen molar-refractivity contribution in [3.63, 3.8) is 0 Å². The van der Waals surface area contributed by atoms with E-state index in [0.717, 1.165) is 5.56 Å². The minimum Gasteiger partial charge on any atom is -0.363 e. The summed E-state index contributed by atoms with van der Waals surface area (Å²) in [5.74, 6) is -0.441. The molecule has 0 amide bonds. The molecule has 1 saturated heterocycles. The van der Waals surface area contributed by atoms with E-state index < -0.39 is 17.1 Å². The molecule has 2 atom stereocenters. The molecule has 0 radical (unpaired) electrons. The number of aryl methyl sites for hydroxylation is 1. The van der Waals surface area contributed by atoms with Crippen molar-refractivity contribution in [3.05, 3.63) is 63.4 Å². The summed E-state index contributed by atoms with van der Waals surface area (Å²) >= 11 is 12.0. The van der Waals surface area contributed by atoms with E-state index >= 15 is 4.39 Å². The SMILES string of the molecule is O=C(CCc1ccc(Cl)cc1Cl)[C@@]1(F)CC[C@@]2(CO2)c2ncccc21. The van der Waals surface area contributed by atoms with Gasteiger partial charge in [-0.25, -0.2) is 4.39 Å². The second-order valence-electron chi connectivity index (χ2n) is 6.64. The number of rotatable bonds is 4. The van der Waals surface area contributed by atoms with E-state index in [2.05, 4.69) is 4.98 Å². The fourth-order valence-electron chi connectivity index (χ4n) is 3.54. The van der Waals surface area contributed by atoms with Gasteiger partial charge in [-0.05, 0) is 43.0 Å². The minimum atomic E-state index is -2.01. The second-order valence-corrected chi connectivity index (χ2v) is 7.49. The Balaban J connectivity index is 1.57. The van der Waals surface area contributed by atoms with Crippen molar-refractivity contribution in [1.29, 1.82) is 0 Å². The van der Waals surface area contributed by atoms with Crippen LogP contribution in [0.1, 0.15) is 36.1 Å². The Bertz CT molecular complexity index is 853. The molecule has 0 saturated carbocycles. The minimum absolute atomic E-state index is 0.0695. The molecule has 1 spiro atoms. The molecule has 1 aromatic carbocycles. The predicted molar refractivity (Wildman–Crippen MR) is 93.7 cm³/mol. The van der Waals surface area contributed by atoms with Crippen molar-refractivity contribution >= 4 is 29.0 Å². The number of nitrogens with zero attached hydrogens (tertiary/aromatic N) is 1. The Labute approximate surface area is 155 Å². The first-order chi connectivity index (χ1) is 11.9. The van der Waals surface area contributed by atoms with Gasteiger partial charge < -0.3 is 4.74 Å². The van der Waals surface area contributed by atoms with E-state index in [1.165, 1.54) is 0 Å². The van der Waals surface area contributed by atoms with Crippen LogP contribution < -0.4 is 0 Å². The maximum absolute atomic E-state index is 15.7. The normalized spacial score (nSPS) is 27.2. The van der Waals surface area contributed by atoms with Crippen LogP contribution >= 0.6 is 23.2 Å². The Morgan fingerprint density at radius 1 is 1.28 bits per heavy atom. The highest BCUT2D eigenvalue weighted by molar-refractivity contribution is 6.35. The molecule has 25 heavy (non-hydrogen) atoms. The smallest absolute Gasteiger partial charge is 0.195 e.